The number of likely N-dealkylation sites (tertiary alicyclic amines) is 2. The van der Waals surface area contributed by atoms with Crippen molar-refractivity contribution in [3.8, 4) is 0 Å². The maximum absolute atomic E-state index is 13.4. The molecule has 0 aromatic heterocycles. The van der Waals surface area contributed by atoms with Gasteiger partial charge in [-0.1, -0.05) is 30.7 Å². The first-order valence-electron chi connectivity index (χ1n) is 10.5. The Labute approximate surface area is 157 Å². The Hall–Kier alpha value is -1.39. The molecule has 0 saturated carbocycles. The van der Waals surface area contributed by atoms with E-state index < -0.39 is 0 Å². The van der Waals surface area contributed by atoms with E-state index in [0.29, 0.717) is 6.04 Å². The smallest absolute Gasteiger partial charge is 0.241 e. The molecule has 142 valence electrons. The van der Waals surface area contributed by atoms with Crippen LogP contribution in [0.4, 0.5) is 0 Å². The maximum atomic E-state index is 13.4. The van der Waals surface area contributed by atoms with E-state index >= 15 is 0 Å². The fraction of sp³-hybridized carbons (Fsp3) is 0.682. The number of amides is 1. The van der Waals surface area contributed by atoms with Crippen LogP contribution in [0.15, 0.2) is 24.3 Å². The predicted octanol–water partition coefficient (Wildman–Crippen LogP) is 2.61. The van der Waals surface area contributed by atoms with Gasteiger partial charge >= 0.3 is 0 Å². The Morgan fingerprint density at radius 1 is 1.08 bits per heavy atom. The number of rotatable bonds is 5. The number of carbonyl (C=O) groups is 1. The molecule has 2 saturated heterocycles. The summed E-state index contributed by atoms with van der Waals surface area (Å²) in [5.74, 6) is 0.260. The molecule has 1 aliphatic carbocycles. The van der Waals surface area contributed by atoms with Crippen molar-refractivity contribution < 1.29 is 4.79 Å². The van der Waals surface area contributed by atoms with Gasteiger partial charge in [-0.25, -0.2) is 0 Å². The first kappa shape index (κ1) is 18.0. The number of hydrogen-bond donors (Lipinski definition) is 1. The summed E-state index contributed by atoms with van der Waals surface area (Å²) in [5, 5.41) is 3.34. The Kier molecular flexibility index (Phi) is 5.32. The van der Waals surface area contributed by atoms with Crippen molar-refractivity contribution in [1.82, 2.24) is 15.1 Å². The van der Waals surface area contributed by atoms with Crippen molar-refractivity contribution in [1.29, 1.82) is 0 Å². The molecule has 1 N–H and O–H groups in total. The second-order valence-corrected chi connectivity index (χ2v) is 8.52. The van der Waals surface area contributed by atoms with Crippen molar-refractivity contribution in [2.75, 3.05) is 33.2 Å². The largest absolute Gasteiger partial charge is 0.354 e. The van der Waals surface area contributed by atoms with E-state index in [-0.39, 0.29) is 11.4 Å². The Bertz CT molecular complexity index is 613. The molecule has 1 unspecified atom stereocenters. The molecule has 1 amide bonds. The second kappa shape index (κ2) is 7.69. The first-order valence-corrected chi connectivity index (χ1v) is 10.5. The van der Waals surface area contributed by atoms with E-state index in [1.807, 2.05) is 0 Å². The van der Waals surface area contributed by atoms with Crippen molar-refractivity contribution in [2.24, 2.45) is 0 Å². The van der Waals surface area contributed by atoms with Gasteiger partial charge in [0.1, 0.15) is 5.54 Å². The van der Waals surface area contributed by atoms with Crippen molar-refractivity contribution in [2.45, 2.75) is 62.9 Å². The van der Waals surface area contributed by atoms with Crippen LogP contribution in [0.5, 0.6) is 0 Å². The van der Waals surface area contributed by atoms with E-state index in [0.717, 1.165) is 38.9 Å². The van der Waals surface area contributed by atoms with Crippen LogP contribution in [-0.4, -0.2) is 60.5 Å². The molecule has 26 heavy (non-hydrogen) atoms. The number of piperidine rings is 1. The highest BCUT2D eigenvalue weighted by Gasteiger charge is 2.48. The zero-order valence-corrected chi connectivity index (χ0v) is 16.2. The van der Waals surface area contributed by atoms with Gasteiger partial charge in [-0.3, -0.25) is 9.69 Å². The maximum Gasteiger partial charge on any atom is 0.241 e. The first-order chi connectivity index (χ1) is 12.7. The lowest BCUT2D eigenvalue weighted by Crippen LogP contribution is -2.61. The Morgan fingerprint density at radius 3 is 2.38 bits per heavy atom. The molecule has 0 radical (unpaired) electrons. The van der Waals surface area contributed by atoms with Crippen molar-refractivity contribution >= 4 is 5.91 Å². The summed E-state index contributed by atoms with van der Waals surface area (Å²) in [4.78, 5) is 18.4. The lowest BCUT2D eigenvalue weighted by molar-refractivity contribution is -0.134. The van der Waals surface area contributed by atoms with Crippen LogP contribution in [0.1, 0.15) is 49.7 Å². The van der Waals surface area contributed by atoms with Crippen LogP contribution >= 0.6 is 0 Å². The topological polar surface area (TPSA) is 35.6 Å². The molecule has 4 rings (SSSR count). The predicted molar refractivity (Wildman–Crippen MR) is 105 cm³/mol. The highest BCUT2D eigenvalue weighted by Crippen LogP contribution is 2.36. The molecule has 2 aliphatic heterocycles. The summed E-state index contributed by atoms with van der Waals surface area (Å²) < 4.78 is 0. The zero-order valence-electron chi connectivity index (χ0n) is 16.2. The molecular formula is C22H33N3O. The molecule has 4 nitrogen and oxygen atoms in total. The monoisotopic (exact) mass is 355 g/mol. The third-order valence-corrected chi connectivity index (χ3v) is 6.90. The molecule has 0 spiro atoms. The van der Waals surface area contributed by atoms with Crippen molar-refractivity contribution in [3.05, 3.63) is 35.4 Å². The summed E-state index contributed by atoms with van der Waals surface area (Å²) in [6.45, 7) is 4.13. The summed E-state index contributed by atoms with van der Waals surface area (Å²) in [7, 11) is 2.21. The third-order valence-electron chi connectivity index (χ3n) is 6.90. The van der Waals surface area contributed by atoms with Crippen molar-refractivity contribution in [3.63, 3.8) is 0 Å². The summed E-state index contributed by atoms with van der Waals surface area (Å²) in [6, 6.07) is 9.28. The summed E-state index contributed by atoms with van der Waals surface area (Å²) in [6.07, 6.45) is 9.13. The van der Waals surface area contributed by atoms with E-state index in [4.69, 9.17) is 0 Å². The van der Waals surface area contributed by atoms with Crippen LogP contribution in [0, 0.1) is 0 Å². The normalized spacial score (nSPS) is 26.0. The minimum absolute atomic E-state index is 0.260. The lowest BCUT2D eigenvalue weighted by atomic mass is 9.89. The van der Waals surface area contributed by atoms with E-state index in [2.05, 4.69) is 46.4 Å². The fourth-order valence-electron chi connectivity index (χ4n) is 5.31. The minimum Gasteiger partial charge on any atom is -0.354 e. The van der Waals surface area contributed by atoms with Crippen LogP contribution in [0.3, 0.4) is 0 Å². The van der Waals surface area contributed by atoms with Crippen LogP contribution < -0.4 is 5.32 Å². The molecule has 1 aromatic carbocycles. The number of benzene rings is 1. The highest BCUT2D eigenvalue weighted by atomic mass is 16.2. The molecule has 4 heteroatoms. The fourth-order valence-corrected chi connectivity index (χ4v) is 5.31. The van der Waals surface area contributed by atoms with Gasteiger partial charge in [0.2, 0.25) is 5.91 Å². The van der Waals surface area contributed by atoms with E-state index in [1.54, 1.807) is 0 Å². The standard InChI is InChI=1S/C22H33N3O/c1-24-13-7-10-20(24)11-12-23-21(26)22(25-14-5-2-6-15-25)16-18-8-3-4-9-19(18)17-22/h3-4,8-9,20H,2,5-7,10-17H2,1H3,(H,23,26). The van der Waals surface area contributed by atoms with Crippen LogP contribution in [0.25, 0.3) is 0 Å². The number of hydrogen-bond acceptors (Lipinski definition) is 3. The van der Waals surface area contributed by atoms with Gasteiger partial charge in [0, 0.05) is 25.4 Å². The van der Waals surface area contributed by atoms with Gasteiger partial charge in [-0.05, 0) is 69.9 Å². The van der Waals surface area contributed by atoms with Gasteiger partial charge in [0.25, 0.3) is 0 Å². The van der Waals surface area contributed by atoms with Gasteiger partial charge in [0.15, 0.2) is 0 Å². The molecule has 3 aliphatic rings. The average Bonchev–Trinajstić information content (AvgIpc) is 3.26. The second-order valence-electron chi connectivity index (χ2n) is 8.52. The molecular weight excluding hydrogens is 322 g/mol. The lowest BCUT2D eigenvalue weighted by Gasteiger charge is -2.42. The molecule has 2 fully saturated rings. The quantitative estimate of drug-likeness (QED) is 0.882. The number of nitrogens with one attached hydrogen (secondary N) is 1. The minimum atomic E-state index is -0.355. The van der Waals surface area contributed by atoms with E-state index in [9.17, 15) is 4.79 Å². The van der Waals surface area contributed by atoms with E-state index in [1.165, 1.54) is 49.8 Å². The zero-order chi connectivity index (χ0) is 18.0. The Morgan fingerprint density at radius 2 is 1.77 bits per heavy atom. The highest BCUT2D eigenvalue weighted by molar-refractivity contribution is 5.88. The molecule has 1 aromatic rings. The average molecular weight is 356 g/mol. The Balaban J connectivity index is 1.45. The van der Waals surface area contributed by atoms with Gasteiger partial charge in [-0.2, -0.15) is 0 Å². The molecule has 0 bridgehead atoms. The molecule has 1 atom stereocenters. The van der Waals surface area contributed by atoms with Gasteiger partial charge in [-0.15, -0.1) is 0 Å². The number of nitrogens with zero attached hydrogens (tertiary/aromatic N) is 2. The molecule has 2 heterocycles. The number of carbonyl (C=O) groups excluding carboxylic acids is 1. The third kappa shape index (κ3) is 3.41. The SMILES string of the molecule is CN1CCCC1CCNC(=O)C1(N2CCCCC2)Cc2ccccc2C1. The van der Waals surface area contributed by atoms with Crippen LogP contribution in [0.2, 0.25) is 0 Å². The van der Waals surface area contributed by atoms with Gasteiger partial charge in [0.05, 0.1) is 0 Å². The van der Waals surface area contributed by atoms with Gasteiger partial charge < -0.3 is 10.2 Å². The number of fused-ring (bicyclic) bond motifs is 1. The summed E-state index contributed by atoms with van der Waals surface area (Å²) >= 11 is 0. The van der Waals surface area contributed by atoms with Crippen LogP contribution in [-0.2, 0) is 17.6 Å². The summed E-state index contributed by atoms with van der Waals surface area (Å²) in [5.41, 5.74) is 2.37.